The number of hydrogen-bond donors (Lipinski definition) is 7. The van der Waals surface area contributed by atoms with Crippen molar-refractivity contribution in [3.8, 4) is 0 Å². The Kier molecular flexibility index (Phi) is 9.52. The highest BCUT2D eigenvalue weighted by molar-refractivity contribution is 8.47. The minimum Gasteiger partial charge on any atom is -0.394 e. The fourth-order valence-electron chi connectivity index (χ4n) is 4.16. The standard InChI is InChI=1S/C20H27N4O11PS.H3N/c1-9-5-23(19(29)21-17(9)27)15-3-11(26)14(34-15)8-32-36(31,37)35-12-4-16(33-13(12)7-25)24-6-10(2)18(28)22-20(24)30;/h5-6,11-16,25-26,31,37H,3-4,7-8H2,1-2H3,(H-,21,22,27,28,29,30);1H3/p+2/t11-,12-,13+,14+,15+,16+,36?;/m0./s1. The fourth-order valence-corrected chi connectivity index (χ4v) is 5.70. The van der Waals surface area contributed by atoms with Crippen LogP contribution in [0.4, 0.5) is 0 Å². The molecule has 2 saturated heterocycles. The molecule has 4 rings (SSSR count). The van der Waals surface area contributed by atoms with E-state index in [2.05, 4.69) is 22.2 Å². The van der Waals surface area contributed by atoms with Crippen molar-refractivity contribution in [2.75, 3.05) is 13.2 Å². The lowest BCUT2D eigenvalue weighted by molar-refractivity contribution is -0.0535. The molecule has 0 aliphatic carbocycles. The third kappa shape index (κ3) is 6.51. The summed E-state index contributed by atoms with van der Waals surface area (Å²) >= 11 is 4.08. The van der Waals surface area contributed by atoms with Crippen LogP contribution in [0, 0.1) is 13.8 Å². The minimum absolute atomic E-state index is 0. The first-order valence-corrected chi connectivity index (χ1v) is 14.0. The predicted molar refractivity (Wildman–Crippen MR) is 137 cm³/mol. The van der Waals surface area contributed by atoms with Crippen LogP contribution in [0.2, 0.25) is 0 Å². The van der Waals surface area contributed by atoms with Gasteiger partial charge in [-0.3, -0.25) is 28.7 Å². The van der Waals surface area contributed by atoms with Gasteiger partial charge in [0, 0.05) is 36.4 Å². The topological polar surface area (TPSA) is 244 Å². The summed E-state index contributed by atoms with van der Waals surface area (Å²) in [6.07, 6.45) is -2.91. The molecule has 16 nitrogen and oxygen atoms in total. The number of aliphatic hydroxyl groups is 2. The number of quaternary nitrogens is 1. The lowest BCUT2D eigenvalue weighted by Crippen LogP contribution is -2.33. The number of aromatic amines is 2. The van der Waals surface area contributed by atoms with Crippen LogP contribution in [-0.4, -0.2) is 71.8 Å². The lowest BCUT2D eigenvalue weighted by Gasteiger charge is -2.20. The van der Waals surface area contributed by atoms with E-state index < -0.39 is 73.1 Å². The zero-order chi connectivity index (χ0) is 27.1. The summed E-state index contributed by atoms with van der Waals surface area (Å²) in [5.41, 5.74) is -1.89. The van der Waals surface area contributed by atoms with E-state index in [0.29, 0.717) is 0 Å². The summed E-state index contributed by atoms with van der Waals surface area (Å²) in [6.45, 7) is 2.20. The average molecular weight is 582 g/mol. The summed E-state index contributed by atoms with van der Waals surface area (Å²) in [6, 6.07) is 0. The molecule has 18 heteroatoms. The molecule has 0 amide bonds. The second-order valence-electron chi connectivity index (χ2n) is 8.87. The Morgan fingerprint density at radius 2 is 1.50 bits per heavy atom. The summed E-state index contributed by atoms with van der Waals surface area (Å²) in [7, 11) is -3.83. The second kappa shape index (κ2) is 11.9. The van der Waals surface area contributed by atoms with Crippen molar-refractivity contribution >= 4 is 19.4 Å². The van der Waals surface area contributed by atoms with Crippen LogP contribution in [0.25, 0.3) is 0 Å². The van der Waals surface area contributed by atoms with Gasteiger partial charge in [-0.25, -0.2) is 9.59 Å². The van der Waals surface area contributed by atoms with Crippen LogP contribution in [-0.2, 0) is 18.5 Å². The van der Waals surface area contributed by atoms with Crippen molar-refractivity contribution in [1.29, 1.82) is 0 Å². The largest absolute Gasteiger partial charge is 0.475 e. The number of nitrogens with one attached hydrogen (secondary N) is 2. The first-order chi connectivity index (χ1) is 17.4. The molecule has 1 unspecified atom stereocenters. The van der Waals surface area contributed by atoms with Crippen molar-refractivity contribution in [2.45, 2.75) is 63.6 Å². The molecule has 2 fully saturated rings. The molecular formula is C20H32N5O11PS+2. The molecule has 7 atom stereocenters. The maximum atomic E-state index is 12.2. The van der Waals surface area contributed by atoms with E-state index in [1.807, 2.05) is 0 Å². The monoisotopic (exact) mass is 581 g/mol. The Labute approximate surface area is 220 Å². The summed E-state index contributed by atoms with van der Waals surface area (Å²) in [5, 5.41) is 20.1. The zero-order valence-corrected chi connectivity index (χ0v) is 22.6. The highest BCUT2D eigenvalue weighted by Gasteiger charge is 2.49. The maximum absolute atomic E-state index is 12.2. The van der Waals surface area contributed by atoms with Gasteiger partial charge in [-0.15, -0.1) is 0 Å². The SMILES string of the molecule is Cc1cn([C@H]2C[C@H](O[P+](O)(S)OC[C@H]3O[C@@H](n4cc(C)c(=O)[nH]c4=O)C[C@@H]3O)[C@@H](CO)O2)c(=O)[nH]c1=O.[NH4+]. The van der Waals surface area contributed by atoms with Crippen molar-refractivity contribution in [1.82, 2.24) is 25.3 Å². The van der Waals surface area contributed by atoms with Crippen LogP contribution < -0.4 is 28.6 Å². The maximum Gasteiger partial charge on any atom is 0.475 e. The van der Waals surface area contributed by atoms with Crippen LogP contribution in [0.15, 0.2) is 31.6 Å². The van der Waals surface area contributed by atoms with Gasteiger partial charge in [-0.2, -0.15) is 13.9 Å². The first-order valence-electron chi connectivity index (χ1n) is 11.3. The van der Waals surface area contributed by atoms with Crippen LogP contribution >= 0.6 is 19.4 Å². The number of rotatable bonds is 8. The van der Waals surface area contributed by atoms with E-state index in [1.165, 1.54) is 26.2 Å². The summed E-state index contributed by atoms with van der Waals surface area (Å²) < 4.78 is 24.7. The van der Waals surface area contributed by atoms with Crippen molar-refractivity contribution < 1.29 is 33.6 Å². The van der Waals surface area contributed by atoms with Gasteiger partial charge < -0.3 is 25.8 Å². The Morgan fingerprint density at radius 3 is 2.03 bits per heavy atom. The van der Waals surface area contributed by atoms with E-state index >= 15 is 0 Å². The molecule has 2 aliphatic rings. The van der Waals surface area contributed by atoms with E-state index in [4.69, 9.17) is 18.5 Å². The molecule has 0 bridgehead atoms. The Balaban J connectivity index is 0.00000400. The fraction of sp³-hybridized carbons (Fsp3) is 0.600. The van der Waals surface area contributed by atoms with Crippen LogP contribution in [0.5, 0.6) is 0 Å². The van der Waals surface area contributed by atoms with Gasteiger partial charge in [0.2, 0.25) is 0 Å². The minimum atomic E-state index is -3.83. The molecule has 2 aromatic heterocycles. The molecule has 0 aromatic carbocycles. The molecule has 2 aromatic rings. The van der Waals surface area contributed by atoms with Gasteiger partial charge in [-0.1, -0.05) is 0 Å². The van der Waals surface area contributed by atoms with Crippen LogP contribution in [0.3, 0.4) is 0 Å². The molecule has 2 aliphatic heterocycles. The molecule has 212 valence electrons. The summed E-state index contributed by atoms with van der Waals surface area (Å²) in [4.78, 5) is 62.6. The molecule has 9 N–H and O–H groups in total. The zero-order valence-electron chi connectivity index (χ0n) is 20.8. The molecule has 0 saturated carbocycles. The Hall–Kier alpha value is -2.18. The second-order valence-corrected chi connectivity index (χ2v) is 11.8. The molecule has 0 spiro atoms. The van der Waals surface area contributed by atoms with Gasteiger partial charge in [0.05, 0.1) is 25.0 Å². The van der Waals surface area contributed by atoms with Gasteiger partial charge in [-0.05, 0) is 13.8 Å². The van der Waals surface area contributed by atoms with Crippen LogP contribution in [0.1, 0.15) is 36.4 Å². The van der Waals surface area contributed by atoms with E-state index in [9.17, 15) is 34.3 Å². The van der Waals surface area contributed by atoms with E-state index in [-0.39, 0.29) is 36.7 Å². The number of H-pyrrole nitrogens is 2. The molecule has 0 radical (unpaired) electrons. The Morgan fingerprint density at radius 1 is 1.00 bits per heavy atom. The van der Waals surface area contributed by atoms with Gasteiger partial charge in [0.25, 0.3) is 11.1 Å². The van der Waals surface area contributed by atoms with Crippen molar-refractivity contribution in [3.05, 3.63) is 65.2 Å². The first kappa shape index (κ1) is 30.4. The van der Waals surface area contributed by atoms with Crippen molar-refractivity contribution in [3.63, 3.8) is 0 Å². The summed E-state index contributed by atoms with van der Waals surface area (Å²) in [5.74, 6) is 0. The molecular weight excluding hydrogens is 549 g/mol. The lowest BCUT2D eigenvalue weighted by atomic mass is 10.2. The normalized spacial score (nSPS) is 28.7. The highest BCUT2D eigenvalue weighted by atomic mass is 32.7. The smallest absolute Gasteiger partial charge is 0.394 e. The quantitative estimate of drug-likeness (QED) is 0.147. The Bertz CT molecular complexity index is 1370. The number of aromatic nitrogens is 4. The van der Waals surface area contributed by atoms with Gasteiger partial charge in [0.15, 0.2) is 0 Å². The number of aliphatic hydroxyl groups excluding tert-OH is 2. The number of thiol groups is 1. The van der Waals surface area contributed by atoms with Gasteiger partial charge in [0.1, 0.15) is 37.4 Å². The van der Waals surface area contributed by atoms with Gasteiger partial charge >= 0.3 is 18.5 Å². The third-order valence-electron chi connectivity index (χ3n) is 6.16. The number of hydrogen-bond acceptors (Lipinski definition) is 12. The number of aryl methyl sites for hydroxylation is 2. The average Bonchev–Trinajstić information content (AvgIpc) is 3.39. The van der Waals surface area contributed by atoms with E-state index in [1.54, 1.807) is 0 Å². The van der Waals surface area contributed by atoms with E-state index in [0.717, 1.165) is 9.13 Å². The molecule has 4 heterocycles. The van der Waals surface area contributed by atoms with Crippen molar-refractivity contribution in [2.24, 2.45) is 0 Å². The number of ether oxygens (including phenoxy) is 2. The third-order valence-corrected chi connectivity index (χ3v) is 7.82. The molecule has 38 heavy (non-hydrogen) atoms. The number of nitrogens with zero attached hydrogens (tertiary/aromatic N) is 2. The highest BCUT2D eigenvalue weighted by Crippen LogP contribution is 2.64. The predicted octanol–water partition coefficient (Wildman–Crippen LogP) is -0.990.